The molecule has 16 heavy (non-hydrogen) atoms. The minimum absolute atomic E-state index is 0.154. The Morgan fingerprint density at radius 2 is 2.00 bits per heavy atom. The molecule has 2 aliphatic rings. The van der Waals surface area contributed by atoms with Gasteiger partial charge in [-0.3, -0.25) is 0 Å². The Balaban J connectivity index is 2.13. The number of fused-ring (bicyclic) bond motifs is 1. The number of rotatable bonds is 1. The van der Waals surface area contributed by atoms with Gasteiger partial charge < -0.3 is 9.53 Å². The number of carbonyl (C=O) groups excluding carboxylic acids is 1. The Hall–Kier alpha value is -1.45. The Kier molecular flexibility index (Phi) is 1.85. The molecule has 1 spiro atoms. The van der Waals surface area contributed by atoms with Crippen molar-refractivity contribution in [2.24, 2.45) is 5.41 Å². The normalized spacial score (nSPS) is 24.8. The first-order chi connectivity index (χ1) is 7.66. The lowest BCUT2D eigenvalue weighted by molar-refractivity contribution is -0.111. The van der Waals surface area contributed by atoms with Crippen LogP contribution in [0.3, 0.4) is 0 Å². The Bertz CT molecular complexity index is 466. The molecule has 0 radical (unpaired) electrons. The Morgan fingerprint density at radius 1 is 1.31 bits per heavy atom. The van der Waals surface area contributed by atoms with Crippen molar-refractivity contribution in [3.63, 3.8) is 0 Å². The van der Waals surface area contributed by atoms with Crippen molar-refractivity contribution in [1.29, 1.82) is 0 Å². The molecule has 4 heteroatoms. The van der Waals surface area contributed by atoms with E-state index in [4.69, 9.17) is 4.74 Å². The maximum Gasteiger partial charge on any atom is 0.162 e. The van der Waals surface area contributed by atoms with Gasteiger partial charge in [0, 0.05) is 17.0 Å². The van der Waals surface area contributed by atoms with Crippen LogP contribution in [0, 0.1) is 17.0 Å². The standard InChI is InChI=1S/C12H10F2O2/c13-9-3-7-8(5-15)12(1-2-12)6-16-11(7)4-10(9)14/h3-5,8H,1-2,6H2. The van der Waals surface area contributed by atoms with E-state index in [9.17, 15) is 13.6 Å². The smallest absolute Gasteiger partial charge is 0.162 e. The topological polar surface area (TPSA) is 26.3 Å². The van der Waals surface area contributed by atoms with Crippen molar-refractivity contribution in [3.05, 3.63) is 29.3 Å². The molecule has 1 aromatic rings. The first-order valence-electron chi connectivity index (χ1n) is 5.23. The second-order valence-electron chi connectivity index (χ2n) is 4.57. The van der Waals surface area contributed by atoms with Crippen molar-refractivity contribution < 1.29 is 18.3 Å². The lowest BCUT2D eigenvalue weighted by atomic mass is 9.82. The highest BCUT2D eigenvalue weighted by molar-refractivity contribution is 5.68. The van der Waals surface area contributed by atoms with Gasteiger partial charge in [-0.15, -0.1) is 0 Å². The minimum atomic E-state index is -0.935. The molecule has 1 fully saturated rings. The van der Waals surface area contributed by atoms with Gasteiger partial charge in [0.2, 0.25) is 0 Å². The van der Waals surface area contributed by atoms with E-state index in [0.29, 0.717) is 17.9 Å². The van der Waals surface area contributed by atoms with Crippen LogP contribution in [0.2, 0.25) is 0 Å². The zero-order valence-electron chi connectivity index (χ0n) is 8.50. The van der Waals surface area contributed by atoms with Gasteiger partial charge >= 0.3 is 0 Å². The van der Waals surface area contributed by atoms with Gasteiger partial charge in [0.15, 0.2) is 11.6 Å². The van der Waals surface area contributed by atoms with Crippen molar-refractivity contribution in [2.75, 3.05) is 6.61 Å². The molecular weight excluding hydrogens is 214 g/mol. The maximum absolute atomic E-state index is 13.1. The third-order valence-corrected chi connectivity index (χ3v) is 3.59. The fourth-order valence-corrected chi connectivity index (χ4v) is 2.39. The average molecular weight is 224 g/mol. The number of carbonyl (C=O) groups is 1. The van der Waals surface area contributed by atoms with E-state index in [1.807, 2.05) is 0 Å². The fourth-order valence-electron chi connectivity index (χ4n) is 2.39. The zero-order valence-corrected chi connectivity index (χ0v) is 8.50. The van der Waals surface area contributed by atoms with Gasteiger partial charge in [0.1, 0.15) is 12.0 Å². The van der Waals surface area contributed by atoms with E-state index in [1.165, 1.54) is 0 Å². The van der Waals surface area contributed by atoms with E-state index in [0.717, 1.165) is 31.3 Å². The first kappa shape index (κ1) is 9.75. The van der Waals surface area contributed by atoms with Crippen LogP contribution in [0.25, 0.3) is 0 Å². The molecule has 3 rings (SSSR count). The van der Waals surface area contributed by atoms with Crippen LogP contribution < -0.4 is 4.74 Å². The van der Waals surface area contributed by atoms with Crippen molar-refractivity contribution in [1.82, 2.24) is 0 Å². The number of halogens is 2. The lowest BCUT2D eigenvalue weighted by Crippen LogP contribution is -2.28. The Labute approximate surface area is 91.2 Å². The molecule has 0 N–H and O–H groups in total. The number of benzene rings is 1. The van der Waals surface area contributed by atoms with Gasteiger partial charge in [-0.05, 0) is 18.9 Å². The number of hydrogen-bond acceptors (Lipinski definition) is 2. The molecule has 0 bridgehead atoms. The molecule has 0 aromatic heterocycles. The molecular formula is C12H10F2O2. The van der Waals surface area contributed by atoms with Crippen molar-refractivity contribution >= 4 is 6.29 Å². The predicted molar refractivity (Wildman–Crippen MR) is 52.3 cm³/mol. The van der Waals surface area contributed by atoms with Gasteiger partial charge in [-0.1, -0.05) is 0 Å². The largest absolute Gasteiger partial charge is 0.493 e. The summed E-state index contributed by atoms with van der Waals surface area (Å²) in [4.78, 5) is 11.1. The number of hydrogen-bond donors (Lipinski definition) is 0. The fraction of sp³-hybridized carbons (Fsp3) is 0.417. The number of ether oxygens (including phenoxy) is 1. The summed E-state index contributed by atoms with van der Waals surface area (Å²) in [6, 6.07) is 2.11. The van der Waals surface area contributed by atoms with Crippen molar-refractivity contribution in [2.45, 2.75) is 18.8 Å². The minimum Gasteiger partial charge on any atom is -0.493 e. The summed E-state index contributed by atoms with van der Waals surface area (Å²) in [5.74, 6) is -1.91. The molecule has 1 saturated carbocycles. The summed E-state index contributed by atoms with van der Waals surface area (Å²) in [6.45, 7) is 0.425. The summed E-state index contributed by atoms with van der Waals surface area (Å²) >= 11 is 0. The summed E-state index contributed by atoms with van der Waals surface area (Å²) in [7, 11) is 0. The Morgan fingerprint density at radius 3 is 2.62 bits per heavy atom. The van der Waals surface area contributed by atoms with Crippen LogP contribution in [-0.4, -0.2) is 12.9 Å². The second kappa shape index (κ2) is 3.03. The first-order valence-corrected chi connectivity index (χ1v) is 5.23. The zero-order chi connectivity index (χ0) is 11.3. The van der Waals surface area contributed by atoms with E-state index in [2.05, 4.69) is 0 Å². The number of aldehydes is 1. The molecule has 1 aromatic carbocycles. The summed E-state index contributed by atoms with van der Waals surface area (Å²) < 4.78 is 31.5. The van der Waals surface area contributed by atoms with Crippen molar-refractivity contribution in [3.8, 4) is 5.75 Å². The highest BCUT2D eigenvalue weighted by Gasteiger charge is 2.53. The quantitative estimate of drug-likeness (QED) is 0.685. The molecule has 2 nitrogen and oxygen atoms in total. The van der Waals surface area contributed by atoms with Crippen LogP contribution in [0.5, 0.6) is 5.75 Å². The lowest BCUT2D eigenvalue weighted by Gasteiger charge is -2.30. The molecule has 84 valence electrons. The summed E-state index contributed by atoms with van der Waals surface area (Å²) in [6.07, 6.45) is 2.65. The van der Waals surface area contributed by atoms with Crippen LogP contribution in [0.15, 0.2) is 12.1 Å². The highest BCUT2D eigenvalue weighted by atomic mass is 19.2. The van der Waals surface area contributed by atoms with Gasteiger partial charge in [0.05, 0.1) is 12.5 Å². The second-order valence-corrected chi connectivity index (χ2v) is 4.57. The maximum atomic E-state index is 13.1. The predicted octanol–water partition coefficient (Wildman–Crippen LogP) is 2.42. The molecule has 0 saturated heterocycles. The van der Waals surface area contributed by atoms with Gasteiger partial charge in [-0.25, -0.2) is 8.78 Å². The van der Waals surface area contributed by atoms with Crippen LogP contribution in [-0.2, 0) is 4.79 Å². The van der Waals surface area contributed by atoms with Gasteiger partial charge in [0.25, 0.3) is 0 Å². The highest BCUT2D eigenvalue weighted by Crippen LogP contribution is 2.59. The van der Waals surface area contributed by atoms with Crippen LogP contribution >= 0.6 is 0 Å². The van der Waals surface area contributed by atoms with E-state index < -0.39 is 11.6 Å². The molecule has 1 aliphatic heterocycles. The summed E-state index contributed by atoms with van der Waals surface area (Å²) in [5.41, 5.74) is 0.330. The monoisotopic (exact) mass is 224 g/mol. The SMILES string of the molecule is O=CC1c2cc(F)c(F)cc2OCC12CC2. The molecule has 1 aliphatic carbocycles. The van der Waals surface area contributed by atoms with E-state index >= 15 is 0 Å². The third kappa shape index (κ3) is 1.19. The summed E-state index contributed by atoms with van der Waals surface area (Å²) in [5, 5.41) is 0. The molecule has 1 heterocycles. The van der Waals surface area contributed by atoms with Gasteiger partial charge in [-0.2, -0.15) is 0 Å². The van der Waals surface area contributed by atoms with Crippen LogP contribution in [0.4, 0.5) is 8.78 Å². The molecule has 1 atom stereocenters. The third-order valence-electron chi connectivity index (χ3n) is 3.59. The van der Waals surface area contributed by atoms with E-state index in [-0.39, 0.29) is 11.3 Å². The average Bonchev–Trinajstić information content (AvgIpc) is 3.02. The van der Waals surface area contributed by atoms with E-state index in [1.54, 1.807) is 0 Å². The molecule has 0 amide bonds. The molecule has 1 unspecified atom stereocenters. The van der Waals surface area contributed by atoms with Crippen LogP contribution in [0.1, 0.15) is 24.3 Å².